The van der Waals surface area contributed by atoms with E-state index < -0.39 is 0 Å². The summed E-state index contributed by atoms with van der Waals surface area (Å²) in [7, 11) is 0. The van der Waals surface area contributed by atoms with Gasteiger partial charge in [-0.2, -0.15) is 0 Å². The van der Waals surface area contributed by atoms with E-state index >= 15 is 0 Å². The maximum Gasteiger partial charge on any atom is 0.276 e. The molecule has 0 radical (unpaired) electrons. The summed E-state index contributed by atoms with van der Waals surface area (Å²) in [5.41, 5.74) is 7.04. The molecule has 1 amide bonds. The summed E-state index contributed by atoms with van der Waals surface area (Å²) in [4.78, 5) is 18.5. The van der Waals surface area contributed by atoms with Gasteiger partial charge in [0.15, 0.2) is 11.5 Å². The second-order valence-corrected chi connectivity index (χ2v) is 5.73. The smallest absolute Gasteiger partial charge is 0.276 e. The molecule has 116 valence electrons. The van der Waals surface area contributed by atoms with E-state index in [9.17, 15) is 4.79 Å². The zero-order chi connectivity index (χ0) is 15.5. The normalized spacial score (nSPS) is 21.8. The first-order chi connectivity index (χ1) is 10.7. The van der Waals surface area contributed by atoms with E-state index in [2.05, 4.69) is 17.1 Å². The van der Waals surface area contributed by atoms with Crippen LogP contribution in [0.1, 0.15) is 30.3 Å². The van der Waals surface area contributed by atoms with Gasteiger partial charge in [-0.1, -0.05) is 12.1 Å². The van der Waals surface area contributed by atoms with Crippen molar-refractivity contribution in [1.82, 2.24) is 15.0 Å². The third-order valence-electron chi connectivity index (χ3n) is 4.31. The second-order valence-electron chi connectivity index (χ2n) is 5.73. The summed E-state index contributed by atoms with van der Waals surface area (Å²) in [6.45, 7) is 3.34. The molecule has 3 heterocycles. The van der Waals surface area contributed by atoms with E-state index in [4.69, 9.17) is 10.3 Å². The monoisotopic (exact) mass is 300 g/mol. The second kappa shape index (κ2) is 6.27. The summed E-state index contributed by atoms with van der Waals surface area (Å²) in [6.07, 6.45) is 5.46. The average molecular weight is 300 g/mol. The molecule has 2 atom stereocenters. The lowest BCUT2D eigenvalue weighted by Gasteiger charge is -2.39. The zero-order valence-corrected chi connectivity index (χ0v) is 12.6. The highest BCUT2D eigenvalue weighted by Gasteiger charge is 2.32. The van der Waals surface area contributed by atoms with Gasteiger partial charge < -0.3 is 15.2 Å². The largest absolute Gasteiger partial charge is 0.355 e. The molecular weight excluding hydrogens is 280 g/mol. The molecule has 1 aliphatic heterocycles. The van der Waals surface area contributed by atoms with Gasteiger partial charge in [0.25, 0.3) is 5.91 Å². The molecule has 0 unspecified atom stereocenters. The predicted molar refractivity (Wildman–Crippen MR) is 82.0 cm³/mol. The first-order valence-electron chi connectivity index (χ1n) is 7.59. The average Bonchev–Trinajstić information content (AvgIpc) is 3.05. The molecule has 0 spiro atoms. The molecular formula is C16H20N4O2. The Labute approximate surface area is 129 Å². The Hall–Kier alpha value is -2.21. The van der Waals surface area contributed by atoms with E-state index in [0.717, 1.165) is 24.9 Å². The molecule has 22 heavy (non-hydrogen) atoms. The van der Waals surface area contributed by atoms with Crippen LogP contribution in [0, 0.1) is 5.92 Å². The fraction of sp³-hybridized carbons (Fsp3) is 0.438. The maximum atomic E-state index is 12.7. The van der Waals surface area contributed by atoms with Crippen molar-refractivity contribution in [3.05, 3.63) is 36.3 Å². The van der Waals surface area contributed by atoms with Crippen LogP contribution in [0.4, 0.5) is 0 Å². The van der Waals surface area contributed by atoms with Gasteiger partial charge in [0, 0.05) is 43.2 Å². The van der Waals surface area contributed by atoms with Gasteiger partial charge in [-0.15, -0.1) is 0 Å². The van der Waals surface area contributed by atoms with Crippen molar-refractivity contribution in [3.63, 3.8) is 0 Å². The lowest BCUT2D eigenvalue weighted by Crippen LogP contribution is -2.51. The van der Waals surface area contributed by atoms with Gasteiger partial charge in [0.05, 0.1) is 0 Å². The molecule has 2 aromatic rings. The number of amides is 1. The Balaban J connectivity index is 1.82. The van der Waals surface area contributed by atoms with E-state index in [0.29, 0.717) is 23.9 Å². The van der Waals surface area contributed by atoms with Crippen molar-refractivity contribution in [2.75, 3.05) is 13.1 Å². The predicted octanol–water partition coefficient (Wildman–Crippen LogP) is 1.94. The first kappa shape index (κ1) is 14.7. The fourth-order valence-electron chi connectivity index (χ4n) is 3.04. The van der Waals surface area contributed by atoms with Crippen LogP contribution in [0.5, 0.6) is 0 Å². The lowest BCUT2D eigenvalue weighted by molar-refractivity contribution is 0.0522. The number of hydrogen-bond acceptors (Lipinski definition) is 5. The summed E-state index contributed by atoms with van der Waals surface area (Å²) < 4.78 is 5.30. The Bertz CT molecular complexity index is 641. The van der Waals surface area contributed by atoms with Crippen LogP contribution in [-0.2, 0) is 0 Å². The van der Waals surface area contributed by atoms with Crippen LogP contribution in [-0.4, -0.2) is 40.1 Å². The van der Waals surface area contributed by atoms with Gasteiger partial charge in [0.2, 0.25) is 0 Å². The van der Waals surface area contributed by atoms with Gasteiger partial charge in [-0.25, -0.2) is 0 Å². The fourth-order valence-corrected chi connectivity index (χ4v) is 3.04. The number of hydrogen-bond donors (Lipinski definition) is 1. The number of piperidine rings is 1. The Morgan fingerprint density at radius 1 is 1.45 bits per heavy atom. The Kier molecular flexibility index (Phi) is 4.20. The molecule has 0 aromatic carbocycles. The van der Waals surface area contributed by atoms with E-state index in [1.54, 1.807) is 18.5 Å². The molecule has 3 rings (SSSR count). The standard InChI is InChI=1S/C16H20N4O2/c1-11-3-2-8-20(14(11)10-17)16(21)13-9-15(22-19-13)12-4-6-18-7-5-12/h4-7,9,11,14H,2-3,8,10,17H2,1H3/t11-,14+/m0/s1. The third kappa shape index (κ3) is 2.74. The number of rotatable bonds is 3. The molecule has 6 heteroatoms. The topological polar surface area (TPSA) is 85.2 Å². The van der Waals surface area contributed by atoms with Gasteiger partial charge in [0.1, 0.15) is 0 Å². The minimum absolute atomic E-state index is 0.0716. The highest BCUT2D eigenvalue weighted by Crippen LogP contribution is 2.25. The molecule has 2 aromatic heterocycles. The van der Waals surface area contributed by atoms with Crippen LogP contribution >= 0.6 is 0 Å². The molecule has 1 aliphatic rings. The zero-order valence-electron chi connectivity index (χ0n) is 12.6. The lowest BCUT2D eigenvalue weighted by atomic mass is 9.90. The highest BCUT2D eigenvalue weighted by atomic mass is 16.5. The number of carbonyl (C=O) groups excluding carboxylic acids is 1. The minimum atomic E-state index is -0.106. The molecule has 2 N–H and O–H groups in total. The van der Waals surface area contributed by atoms with Crippen LogP contribution in [0.25, 0.3) is 11.3 Å². The molecule has 1 saturated heterocycles. The van der Waals surface area contributed by atoms with E-state index in [1.807, 2.05) is 17.0 Å². The summed E-state index contributed by atoms with van der Waals surface area (Å²) in [5, 5.41) is 3.93. The molecule has 6 nitrogen and oxygen atoms in total. The van der Waals surface area contributed by atoms with E-state index in [1.165, 1.54) is 0 Å². The number of carbonyl (C=O) groups is 1. The maximum absolute atomic E-state index is 12.7. The third-order valence-corrected chi connectivity index (χ3v) is 4.31. The molecule has 0 saturated carbocycles. The summed E-state index contributed by atoms with van der Waals surface area (Å²) >= 11 is 0. The number of pyridine rings is 1. The van der Waals surface area contributed by atoms with Gasteiger partial charge in [-0.3, -0.25) is 9.78 Å². The minimum Gasteiger partial charge on any atom is -0.355 e. The SMILES string of the molecule is C[C@H]1CCCN(C(=O)c2cc(-c3ccncc3)on2)[C@@H]1CN. The number of likely N-dealkylation sites (tertiary alicyclic amines) is 1. The summed E-state index contributed by atoms with van der Waals surface area (Å²) in [5.74, 6) is 0.875. The van der Waals surface area contributed by atoms with Crippen molar-refractivity contribution in [2.45, 2.75) is 25.8 Å². The van der Waals surface area contributed by atoms with Crippen LogP contribution in [0.2, 0.25) is 0 Å². The number of nitrogens with zero attached hydrogens (tertiary/aromatic N) is 3. The van der Waals surface area contributed by atoms with Gasteiger partial charge >= 0.3 is 0 Å². The first-order valence-corrected chi connectivity index (χ1v) is 7.59. The molecule has 1 fully saturated rings. The van der Waals surface area contributed by atoms with Gasteiger partial charge in [-0.05, 0) is 30.9 Å². The number of nitrogens with two attached hydrogens (primary N) is 1. The van der Waals surface area contributed by atoms with Crippen molar-refractivity contribution < 1.29 is 9.32 Å². The Morgan fingerprint density at radius 3 is 2.95 bits per heavy atom. The van der Waals surface area contributed by atoms with Crippen LogP contribution in [0.15, 0.2) is 35.1 Å². The van der Waals surface area contributed by atoms with Crippen molar-refractivity contribution >= 4 is 5.91 Å². The summed E-state index contributed by atoms with van der Waals surface area (Å²) in [6, 6.07) is 5.40. The van der Waals surface area contributed by atoms with Crippen molar-refractivity contribution in [2.24, 2.45) is 11.7 Å². The van der Waals surface area contributed by atoms with Crippen LogP contribution in [0.3, 0.4) is 0 Å². The molecule has 0 aliphatic carbocycles. The van der Waals surface area contributed by atoms with Crippen molar-refractivity contribution in [3.8, 4) is 11.3 Å². The van der Waals surface area contributed by atoms with E-state index in [-0.39, 0.29) is 11.9 Å². The quantitative estimate of drug-likeness (QED) is 0.936. The highest BCUT2D eigenvalue weighted by molar-refractivity contribution is 5.93. The van der Waals surface area contributed by atoms with Crippen molar-refractivity contribution in [1.29, 1.82) is 0 Å². The Morgan fingerprint density at radius 2 is 2.23 bits per heavy atom. The van der Waals surface area contributed by atoms with Crippen LogP contribution < -0.4 is 5.73 Å². The number of aromatic nitrogens is 2. The molecule has 0 bridgehead atoms.